The van der Waals surface area contributed by atoms with E-state index in [0.29, 0.717) is 18.9 Å². The first-order valence-corrected chi connectivity index (χ1v) is 10.0. The first-order chi connectivity index (χ1) is 13.3. The molecule has 0 bridgehead atoms. The topological polar surface area (TPSA) is 71.8 Å². The van der Waals surface area contributed by atoms with Crippen LogP contribution in [0, 0.1) is 5.92 Å². The van der Waals surface area contributed by atoms with Gasteiger partial charge in [-0.05, 0) is 61.7 Å². The van der Waals surface area contributed by atoms with E-state index in [1.165, 1.54) is 18.2 Å². The molecule has 0 spiro atoms. The van der Waals surface area contributed by atoms with Gasteiger partial charge in [-0.25, -0.2) is 4.31 Å². The van der Waals surface area contributed by atoms with Gasteiger partial charge in [0.05, 0.1) is 12.9 Å². The zero-order valence-corrected chi connectivity index (χ0v) is 18.0. The lowest BCUT2D eigenvalue weighted by Gasteiger charge is -2.14. The summed E-state index contributed by atoms with van der Waals surface area (Å²) in [6.07, 6.45) is 1.47. The van der Waals surface area contributed by atoms with Gasteiger partial charge in [0.15, 0.2) is 5.76 Å². The number of furan rings is 1. The van der Waals surface area contributed by atoms with E-state index in [1.807, 2.05) is 35.6 Å². The Kier molecular flexibility index (Phi) is 11.1. The minimum absolute atomic E-state index is 0.222. The Morgan fingerprint density at radius 1 is 1.18 bits per heavy atom. The van der Waals surface area contributed by atoms with Crippen molar-refractivity contribution in [2.24, 2.45) is 5.92 Å². The second-order valence-corrected chi connectivity index (χ2v) is 8.00. The number of amides is 1. The summed E-state index contributed by atoms with van der Waals surface area (Å²) in [5.41, 5.74) is 0.979. The highest BCUT2D eigenvalue weighted by Crippen LogP contribution is 2.21. The fraction of sp³-hybridized carbons (Fsp3) is 0.429. The van der Waals surface area contributed by atoms with Gasteiger partial charge >= 0.3 is 5.97 Å². The molecule has 0 atom stereocenters. The van der Waals surface area contributed by atoms with E-state index in [2.05, 4.69) is 26.1 Å². The van der Waals surface area contributed by atoms with Gasteiger partial charge < -0.3 is 14.5 Å². The van der Waals surface area contributed by atoms with Crippen LogP contribution < -0.4 is 5.32 Å². The molecule has 28 heavy (non-hydrogen) atoms. The lowest BCUT2D eigenvalue weighted by molar-refractivity contribution is -0.142. The van der Waals surface area contributed by atoms with Crippen LogP contribution in [0.25, 0.3) is 0 Å². The van der Waals surface area contributed by atoms with Crippen molar-refractivity contribution < 1.29 is 18.7 Å². The summed E-state index contributed by atoms with van der Waals surface area (Å²) in [7, 11) is 1.83. The second-order valence-electron chi connectivity index (χ2n) is 6.72. The van der Waals surface area contributed by atoms with Crippen LogP contribution in [0.4, 0.5) is 0 Å². The maximum absolute atomic E-state index is 11.8. The molecule has 0 aliphatic carbocycles. The summed E-state index contributed by atoms with van der Waals surface area (Å²) < 4.78 is 11.8. The smallest absolute Gasteiger partial charge is 0.321 e. The molecule has 1 heterocycles. The van der Waals surface area contributed by atoms with Crippen LogP contribution in [0.15, 0.2) is 52.0 Å². The Labute approximate surface area is 171 Å². The van der Waals surface area contributed by atoms with Gasteiger partial charge in [0.2, 0.25) is 0 Å². The lowest BCUT2D eigenvalue weighted by Crippen LogP contribution is -2.22. The Morgan fingerprint density at radius 2 is 1.82 bits per heavy atom. The molecule has 0 aliphatic heterocycles. The highest BCUT2D eigenvalue weighted by Gasteiger charge is 2.09. The summed E-state index contributed by atoms with van der Waals surface area (Å²) >= 11 is 1.46. The highest BCUT2D eigenvalue weighted by molar-refractivity contribution is 7.97. The number of carbonyl (C=O) groups is 2. The van der Waals surface area contributed by atoms with E-state index in [-0.39, 0.29) is 18.4 Å². The Balaban J connectivity index is 0.000000892. The molecule has 0 aliphatic rings. The zero-order valence-electron chi connectivity index (χ0n) is 17.2. The summed E-state index contributed by atoms with van der Waals surface area (Å²) in [5.74, 6) is 0.639. The third-order valence-corrected chi connectivity index (χ3v) is 3.96. The predicted octanol–water partition coefficient (Wildman–Crippen LogP) is 4.37. The fourth-order valence-corrected chi connectivity index (χ4v) is 2.73. The largest absolute Gasteiger partial charge is 0.465 e. The number of carbonyl (C=O) groups excluding carboxylic acids is 2. The van der Waals surface area contributed by atoms with Crippen LogP contribution in [0.5, 0.6) is 0 Å². The van der Waals surface area contributed by atoms with Gasteiger partial charge in [-0.3, -0.25) is 9.59 Å². The molecule has 0 saturated carbocycles. The van der Waals surface area contributed by atoms with Crippen LogP contribution in [0.1, 0.15) is 43.8 Å². The molecule has 2 aromatic rings. The summed E-state index contributed by atoms with van der Waals surface area (Å²) in [6, 6.07) is 11.1. The van der Waals surface area contributed by atoms with Gasteiger partial charge in [0.1, 0.15) is 6.54 Å². The second kappa shape index (κ2) is 13.0. The molecule has 2 rings (SSSR count). The van der Waals surface area contributed by atoms with Crippen LogP contribution in [0.2, 0.25) is 0 Å². The highest BCUT2D eigenvalue weighted by atomic mass is 32.2. The molecule has 6 nitrogen and oxygen atoms in total. The van der Waals surface area contributed by atoms with Crippen molar-refractivity contribution >= 4 is 23.8 Å². The minimum Gasteiger partial charge on any atom is -0.465 e. The number of hydrogen-bond acceptors (Lipinski definition) is 6. The van der Waals surface area contributed by atoms with Gasteiger partial charge in [0.25, 0.3) is 5.91 Å². The molecule has 0 fully saturated rings. The molecule has 1 amide bonds. The van der Waals surface area contributed by atoms with Crippen molar-refractivity contribution in [1.29, 1.82) is 0 Å². The van der Waals surface area contributed by atoms with E-state index >= 15 is 0 Å². The first-order valence-electron chi connectivity index (χ1n) is 9.27. The number of nitrogens with one attached hydrogen (secondary N) is 1. The monoisotopic (exact) mass is 406 g/mol. The number of likely N-dealkylation sites (N-methyl/N-ethyl adjacent to an activating group) is 1. The lowest BCUT2D eigenvalue weighted by atomic mass is 10.2. The predicted molar refractivity (Wildman–Crippen MR) is 112 cm³/mol. The Bertz CT molecular complexity index is 697. The fourth-order valence-electron chi connectivity index (χ4n) is 1.95. The van der Waals surface area contributed by atoms with Crippen LogP contribution in [-0.2, 0) is 16.1 Å². The van der Waals surface area contributed by atoms with Crippen molar-refractivity contribution in [3.05, 3.63) is 54.0 Å². The van der Waals surface area contributed by atoms with Gasteiger partial charge in [-0.15, -0.1) is 0 Å². The maximum Gasteiger partial charge on any atom is 0.321 e. The number of ether oxygens (including phenoxy) is 1. The van der Waals surface area contributed by atoms with Gasteiger partial charge in [-0.2, -0.15) is 0 Å². The molecule has 0 saturated heterocycles. The molecular formula is C21H30N2O4S. The zero-order chi connectivity index (χ0) is 20.9. The average molecular weight is 407 g/mol. The molecule has 0 unspecified atom stereocenters. The first kappa shape index (κ1) is 23.8. The summed E-state index contributed by atoms with van der Waals surface area (Å²) in [5, 5.41) is 2.79. The number of rotatable bonds is 8. The normalized spacial score (nSPS) is 10.4. The molecule has 7 heteroatoms. The van der Waals surface area contributed by atoms with Crippen molar-refractivity contribution in [2.75, 3.05) is 20.2 Å². The maximum atomic E-state index is 11.8. The molecule has 1 aromatic carbocycles. The van der Waals surface area contributed by atoms with Crippen molar-refractivity contribution in [1.82, 2.24) is 9.62 Å². The number of esters is 1. The Hall–Kier alpha value is -2.25. The third kappa shape index (κ3) is 10.2. The van der Waals surface area contributed by atoms with Gasteiger partial charge in [0, 0.05) is 11.4 Å². The molecular weight excluding hydrogens is 376 g/mol. The van der Waals surface area contributed by atoms with E-state index in [1.54, 1.807) is 19.1 Å². The van der Waals surface area contributed by atoms with E-state index in [4.69, 9.17) is 9.15 Å². The number of benzene rings is 1. The Morgan fingerprint density at radius 3 is 2.36 bits per heavy atom. The van der Waals surface area contributed by atoms with Crippen LogP contribution in [-0.4, -0.2) is 36.4 Å². The number of hydrogen-bond donors (Lipinski definition) is 1. The summed E-state index contributed by atoms with van der Waals surface area (Å²) in [6.45, 7) is 9.31. The quantitative estimate of drug-likeness (QED) is 0.518. The van der Waals surface area contributed by atoms with Crippen molar-refractivity contribution in [2.45, 2.75) is 39.1 Å². The van der Waals surface area contributed by atoms with Crippen molar-refractivity contribution in [3.8, 4) is 0 Å². The SMILES string of the molecule is CC(C)C.CCOC(=O)CN(C)Sc1ccc(CNC(=O)c2ccco2)cc1. The van der Waals surface area contributed by atoms with E-state index in [0.717, 1.165) is 16.4 Å². The van der Waals surface area contributed by atoms with Crippen molar-refractivity contribution in [3.63, 3.8) is 0 Å². The molecule has 1 aromatic heterocycles. The standard InChI is InChI=1S/C17H20N2O4S.C4H10/c1-3-22-16(20)12-19(2)24-14-8-6-13(7-9-14)11-18-17(21)15-5-4-10-23-15;1-4(2)3/h4-10H,3,11-12H2,1-2H3,(H,18,21);4H,1-3H3. The average Bonchev–Trinajstić information content (AvgIpc) is 3.15. The third-order valence-electron chi connectivity index (χ3n) is 3.04. The van der Waals surface area contributed by atoms with E-state index < -0.39 is 0 Å². The summed E-state index contributed by atoms with van der Waals surface area (Å²) in [4.78, 5) is 24.2. The molecule has 154 valence electrons. The molecule has 1 N–H and O–H groups in total. The number of nitrogens with zero attached hydrogens (tertiary/aromatic N) is 1. The van der Waals surface area contributed by atoms with Gasteiger partial charge in [-0.1, -0.05) is 32.9 Å². The molecule has 0 radical (unpaired) electrons. The van der Waals surface area contributed by atoms with Crippen LogP contribution >= 0.6 is 11.9 Å². The minimum atomic E-state index is -0.246. The van der Waals surface area contributed by atoms with Crippen LogP contribution in [0.3, 0.4) is 0 Å². The van der Waals surface area contributed by atoms with E-state index in [9.17, 15) is 9.59 Å².